The molecule has 10 heteroatoms. The first-order valence-electron chi connectivity index (χ1n) is 9.92. The first-order chi connectivity index (χ1) is 14.4. The first kappa shape index (κ1) is 22.5. The predicted octanol–water partition coefficient (Wildman–Crippen LogP) is 3.91. The van der Waals surface area contributed by atoms with Gasteiger partial charge in [-0.3, -0.25) is 0 Å². The normalized spacial score (nSPS) is 12.2. The summed E-state index contributed by atoms with van der Waals surface area (Å²) in [6.45, 7) is 9.49. The number of thioether (sulfide) groups is 1. The second kappa shape index (κ2) is 9.76. The summed E-state index contributed by atoms with van der Waals surface area (Å²) in [5, 5.41) is 13.4. The minimum absolute atomic E-state index is 0.264. The Balaban J connectivity index is 1.97. The summed E-state index contributed by atoms with van der Waals surface area (Å²) in [6.07, 6.45) is 1.54. The van der Waals surface area contributed by atoms with Crippen LogP contribution in [-0.2, 0) is 22.3 Å². The van der Waals surface area contributed by atoms with Crippen LogP contribution in [0.15, 0.2) is 51.2 Å². The molecule has 3 aromatic rings. The fraction of sp³-hybridized carbons (Fsp3) is 0.450. The third-order valence-electron chi connectivity index (χ3n) is 4.54. The van der Waals surface area contributed by atoms with E-state index < -0.39 is 10.0 Å². The Bertz CT molecular complexity index is 1060. The van der Waals surface area contributed by atoms with Crippen molar-refractivity contribution >= 4 is 21.8 Å². The fourth-order valence-electron chi connectivity index (χ4n) is 3.10. The number of sulfonamides is 1. The van der Waals surface area contributed by atoms with Crippen LogP contribution in [0, 0.1) is 5.92 Å². The molecule has 8 nitrogen and oxygen atoms in total. The highest BCUT2D eigenvalue weighted by molar-refractivity contribution is 7.98. The van der Waals surface area contributed by atoms with E-state index in [9.17, 15) is 8.42 Å². The van der Waals surface area contributed by atoms with Crippen molar-refractivity contribution in [2.75, 3.05) is 13.1 Å². The van der Waals surface area contributed by atoms with Gasteiger partial charge in [-0.25, -0.2) is 8.42 Å². The van der Waals surface area contributed by atoms with Gasteiger partial charge in [0.25, 0.3) is 0 Å². The third kappa shape index (κ3) is 4.93. The zero-order valence-electron chi connectivity index (χ0n) is 17.6. The highest BCUT2D eigenvalue weighted by atomic mass is 32.2. The van der Waals surface area contributed by atoms with Crippen LogP contribution >= 0.6 is 11.8 Å². The Morgan fingerprint density at radius 3 is 2.57 bits per heavy atom. The molecule has 0 saturated heterocycles. The Labute approximate surface area is 181 Å². The largest absolute Gasteiger partial charge is 0.364 e. The number of aromatic nitrogens is 4. The van der Waals surface area contributed by atoms with Gasteiger partial charge in [-0.15, -0.1) is 10.2 Å². The van der Waals surface area contributed by atoms with Gasteiger partial charge in [-0.05, 0) is 18.1 Å². The summed E-state index contributed by atoms with van der Waals surface area (Å²) in [5.41, 5.74) is 1.55. The van der Waals surface area contributed by atoms with E-state index in [-0.39, 0.29) is 4.90 Å². The summed E-state index contributed by atoms with van der Waals surface area (Å²) in [4.78, 5) is 0.264. The Morgan fingerprint density at radius 2 is 1.93 bits per heavy atom. The van der Waals surface area contributed by atoms with Crippen LogP contribution in [0.2, 0.25) is 0 Å². The number of hydrogen-bond donors (Lipinski definition) is 0. The molecule has 30 heavy (non-hydrogen) atoms. The number of rotatable bonds is 10. The Kier molecular flexibility index (Phi) is 7.32. The van der Waals surface area contributed by atoms with Crippen molar-refractivity contribution in [3.63, 3.8) is 0 Å². The van der Waals surface area contributed by atoms with Crippen LogP contribution < -0.4 is 0 Å². The summed E-state index contributed by atoms with van der Waals surface area (Å²) in [5.74, 6) is 1.64. The molecule has 0 N–H and O–H groups in total. The van der Waals surface area contributed by atoms with Crippen molar-refractivity contribution in [1.29, 1.82) is 0 Å². The van der Waals surface area contributed by atoms with Crippen LogP contribution in [0.25, 0.3) is 11.4 Å². The van der Waals surface area contributed by atoms with Crippen LogP contribution in [0.1, 0.15) is 33.4 Å². The molecule has 0 unspecified atom stereocenters. The molecule has 2 aromatic heterocycles. The zero-order chi connectivity index (χ0) is 21.7. The molecule has 0 fully saturated rings. The summed E-state index contributed by atoms with van der Waals surface area (Å²) < 4.78 is 34.3. The molecule has 0 radical (unpaired) electrons. The SMILES string of the molecule is CCN(CC)S(=O)(=O)c1cccc(-c2nnc(SCc3ccon3)n2CC(C)C)c1. The van der Waals surface area contributed by atoms with E-state index in [0.29, 0.717) is 30.6 Å². The molecule has 2 heterocycles. The lowest BCUT2D eigenvalue weighted by molar-refractivity contribution is 0.414. The molecule has 162 valence electrons. The topological polar surface area (TPSA) is 94.1 Å². The van der Waals surface area contributed by atoms with Gasteiger partial charge in [-0.2, -0.15) is 4.31 Å². The summed E-state index contributed by atoms with van der Waals surface area (Å²) >= 11 is 1.52. The molecule has 0 aliphatic carbocycles. The fourth-order valence-corrected chi connectivity index (χ4v) is 5.44. The Hall–Kier alpha value is -2.17. The van der Waals surface area contributed by atoms with E-state index in [0.717, 1.165) is 23.0 Å². The predicted molar refractivity (Wildman–Crippen MR) is 116 cm³/mol. The van der Waals surface area contributed by atoms with Crippen molar-refractivity contribution in [3.05, 3.63) is 42.3 Å². The summed E-state index contributed by atoms with van der Waals surface area (Å²) in [6, 6.07) is 8.75. The standard InChI is InChI=1S/C20H27N5O3S2/c1-5-24(6-2)30(26,27)18-9-7-8-16(12-18)19-21-22-20(25(19)13-15(3)4)29-14-17-10-11-28-23-17/h7-12,15H,5-6,13-14H2,1-4H3. The molecule has 3 rings (SSSR count). The number of benzene rings is 1. The lowest BCUT2D eigenvalue weighted by Gasteiger charge is -2.19. The van der Waals surface area contributed by atoms with Crippen LogP contribution in [-0.4, -0.2) is 45.7 Å². The molecule has 0 atom stereocenters. The highest BCUT2D eigenvalue weighted by Gasteiger charge is 2.23. The van der Waals surface area contributed by atoms with Crippen molar-refractivity contribution in [2.45, 2.75) is 50.0 Å². The molecule has 0 amide bonds. The molecular weight excluding hydrogens is 422 g/mol. The smallest absolute Gasteiger partial charge is 0.243 e. The van der Waals surface area contributed by atoms with Crippen LogP contribution in [0.4, 0.5) is 0 Å². The van der Waals surface area contributed by atoms with Gasteiger partial charge in [-0.1, -0.05) is 56.7 Å². The molecular formula is C20H27N5O3S2. The van der Waals surface area contributed by atoms with Gasteiger partial charge < -0.3 is 9.09 Å². The maximum atomic E-state index is 12.9. The van der Waals surface area contributed by atoms with Gasteiger partial charge >= 0.3 is 0 Å². The minimum Gasteiger partial charge on any atom is -0.364 e. The van der Waals surface area contributed by atoms with Gasteiger partial charge in [0.2, 0.25) is 10.0 Å². The maximum Gasteiger partial charge on any atom is 0.243 e. The van der Waals surface area contributed by atoms with E-state index in [1.807, 2.05) is 30.5 Å². The first-order valence-corrected chi connectivity index (χ1v) is 12.3. The quantitative estimate of drug-likeness (QED) is 0.433. The molecule has 0 spiro atoms. The average molecular weight is 450 g/mol. The van der Waals surface area contributed by atoms with Gasteiger partial charge in [0.15, 0.2) is 11.0 Å². The van der Waals surface area contributed by atoms with E-state index in [1.165, 1.54) is 16.1 Å². The second-order valence-electron chi connectivity index (χ2n) is 7.21. The molecule has 0 bridgehead atoms. The van der Waals surface area contributed by atoms with Crippen molar-refractivity contribution in [3.8, 4) is 11.4 Å². The van der Waals surface area contributed by atoms with Gasteiger partial charge in [0, 0.05) is 37.0 Å². The maximum absolute atomic E-state index is 12.9. The number of nitrogens with zero attached hydrogens (tertiary/aromatic N) is 5. The zero-order valence-corrected chi connectivity index (χ0v) is 19.3. The molecule has 0 aliphatic heterocycles. The monoisotopic (exact) mass is 449 g/mol. The average Bonchev–Trinajstić information content (AvgIpc) is 3.37. The van der Waals surface area contributed by atoms with Crippen LogP contribution in [0.3, 0.4) is 0 Å². The van der Waals surface area contributed by atoms with Crippen LogP contribution in [0.5, 0.6) is 0 Å². The van der Waals surface area contributed by atoms with Gasteiger partial charge in [0.05, 0.1) is 10.6 Å². The van der Waals surface area contributed by atoms with E-state index >= 15 is 0 Å². The van der Waals surface area contributed by atoms with Gasteiger partial charge in [0.1, 0.15) is 6.26 Å². The van der Waals surface area contributed by atoms with E-state index in [1.54, 1.807) is 24.5 Å². The Morgan fingerprint density at radius 1 is 1.17 bits per heavy atom. The second-order valence-corrected chi connectivity index (χ2v) is 10.1. The van der Waals surface area contributed by atoms with Crippen molar-refractivity contribution in [2.24, 2.45) is 5.92 Å². The minimum atomic E-state index is -3.55. The van der Waals surface area contributed by atoms with E-state index in [2.05, 4.69) is 29.2 Å². The molecule has 1 aromatic carbocycles. The summed E-state index contributed by atoms with van der Waals surface area (Å²) in [7, 11) is -3.55. The van der Waals surface area contributed by atoms with Crippen molar-refractivity contribution < 1.29 is 12.9 Å². The third-order valence-corrected chi connectivity index (χ3v) is 7.59. The lowest BCUT2D eigenvalue weighted by Crippen LogP contribution is -2.30. The highest BCUT2D eigenvalue weighted by Crippen LogP contribution is 2.29. The molecule has 0 saturated carbocycles. The number of hydrogen-bond acceptors (Lipinski definition) is 7. The lowest BCUT2D eigenvalue weighted by atomic mass is 10.2. The molecule has 0 aliphatic rings. The van der Waals surface area contributed by atoms with Crippen molar-refractivity contribution in [1.82, 2.24) is 24.2 Å². The van der Waals surface area contributed by atoms with E-state index in [4.69, 9.17) is 4.52 Å².